The molecule has 0 aromatic heterocycles. The number of hydrogen-bond donors (Lipinski definition) is 1. The number of halogens is 1. The lowest BCUT2D eigenvalue weighted by atomic mass is 10.1. The van der Waals surface area contributed by atoms with Crippen LogP contribution in [-0.2, 0) is 16.0 Å². The first-order valence-electron chi connectivity index (χ1n) is 9.57. The minimum absolute atomic E-state index is 0.208. The summed E-state index contributed by atoms with van der Waals surface area (Å²) in [7, 11) is 7.17. The molecule has 1 N–H and O–H groups in total. The lowest BCUT2D eigenvalue weighted by molar-refractivity contribution is 0.00989. The highest BCUT2D eigenvalue weighted by Gasteiger charge is 2.21. The summed E-state index contributed by atoms with van der Waals surface area (Å²) in [5.74, 6) is 0.644. The van der Waals surface area contributed by atoms with Crippen LogP contribution in [0.25, 0.3) is 0 Å². The zero-order valence-electron chi connectivity index (χ0n) is 17.0. The number of nitrogens with zero attached hydrogens (tertiary/aromatic N) is 3. The number of rotatable bonds is 8. The minimum atomic E-state index is -0.208. The zero-order valence-corrected chi connectivity index (χ0v) is 17.0. The van der Waals surface area contributed by atoms with Crippen LogP contribution in [0.2, 0.25) is 0 Å². The summed E-state index contributed by atoms with van der Waals surface area (Å²) in [4.78, 5) is 8.39. The van der Waals surface area contributed by atoms with E-state index < -0.39 is 0 Å². The minimum Gasteiger partial charge on any atom is -0.385 e. The van der Waals surface area contributed by atoms with Gasteiger partial charge in [-0.05, 0) is 37.0 Å². The monoisotopic (exact) mass is 380 g/mol. The quantitative estimate of drug-likeness (QED) is 0.427. The lowest BCUT2D eigenvalue weighted by Crippen LogP contribution is -2.46. The summed E-state index contributed by atoms with van der Waals surface area (Å²) in [6.07, 6.45) is 3.21. The highest BCUT2D eigenvalue weighted by molar-refractivity contribution is 5.80. The maximum absolute atomic E-state index is 14.1. The van der Waals surface area contributed by atoms with Crippen molar-refractivity contribution in [2.24, 2.45) is 4.99 Å². The van der Waals surface area contributed by atoms with Gasteiger partial charge in [0.2, 0.25) is 0 Å². The summed E-state index contributed by atoms with van der Waals surface area (Å²) in [6.45, 7) is 3.85. The number of methoxy groups -OCH3 is 1. The van der Waals surface area contributed by atoms with E-state index in [0.717, 1.165) is 57.1 Å². The van der Waals surface area contributed by atoms with Crippen LogP contribution in [0.4, 0.5) is 10.1 Å². The largest absolute Gasteiger partial charge is 0.385 e. The molecule has 0 bridgehead atoms. The first kappa shape index (κ1) is 21.4. The van der Waals surface area contributed by atoms with E-state index in [1.807, 2.05) is 26.2 Å². The molecule has 0 radical (unpaired) electrons. The fourth-order valence-electron chi connectivity index (χ4n) is 3.22. The van der Waals surface area contributed by atoms with Crippen LogP contribution < -0.4 is 10.2 Å². The van der Waals surface area contributed by atoms with E-state index in [4.69, 9.17) is 9.47 Å². The predicted molar refractivity (Wildman–Crippen MR) is 108 cm³/mol. The molecular formula is C20H33FN4O2. The summed E-state index contributed by atoms with van der Waals surface area (Å²) in [5.41, 5.74) is 1.49. The summed E-state index contributed by atoms with van der Waals surface area (Å²) in [5, 5.41) is 3.34. The number of ether oxygens (including phenoxy) is 2. The Morgan fingerprint density at radius 3 is 2.63 bits per heavy atom. The molecule has 0 saturated carbocycles. The fraction of sp³-hybridized carbons (Fsp3) is 0.650. The van der Waals surface area contributed by atoms with E-state index in [-0.39, 0.29) is 5.82 Å². The molecule has 0 aliphatic carbocycles. The molecular weight excluding hydrogens is 347 g/mol. The van der Waals surface area contributed by atoms with Gasteiger partial charge >= 0.3 is 0 Å². The van der Waals surface area contributed by atoms with Gasteiger partial charge in [0.15, 0.2) is 5.96 Å². The van der Waals surface area contributed by atoms with Gasteiger partial charge in [-0.3, -0.25) is 4.99 Å². The maximum atomic E-state index is 14.1. The van der Waals surface area contributed by atoms with Gasteiger partial charge in [-0.15, -0.1) is 0 Å². The van der Waals surface area contributed by atoms with E-state index in [1.165, 1.54) is 0 Å². The van der Waals surface area contributed by atoms with E-state index in [0.29, 0.717) is 18.3 Å². The van der Waals surface area contributed by atoms with Crippen LogP contribution in [0.3, 0.4) is 0 Å². The van der Waals surface area contributed by atoms with Crippen molar-refractivity contribution in [1.29, 1.82) is 0 Å². The standard InChI is InChI=1S/C20H33FN4O2/c1-22-20(23-15-16-6-7-19(24(2)3)18(21)14-16)25-10-8-17(9-11-25)27-13-5-12-26-4/h6-7,14,17H,5,8-13,15H2,1-4H3,(H,22,23). The fourth-order valence-corrected chi connectivity index (χ4v) is 3.22. The molecule has 152 valence electrons. The van der Waals surface area contributed by atoms with Gasteiger partial charge in [0.05, 0.1) is 11.8 Å². The molecule has 0 amide bonds. The third-order valence-electron chi connectivity index (χ3n) is 4.74. The first-order chi connectivity index (χ1) is 13.0. The number of aliphatic imine (C=N–C) groups is 1. The second kappa shape index (κ2) is 11.1. The number of guanidine groups is 1. The van der Waals surface area contributed by atoms with Gasteiger partial charge < -0.3 is 24.6 Å². The normalized spacial score (nSPS) is 15.9. The zero-order chi connectivity index (χ0) is 19.6. The van der Waals surface area contributed by atoms with Crippen LogP contribution in [0.15, 0.2) is 23.2 Å². The number of hydrogen-bond acceptors (Lipinski definition) is 4. The molecule has 0 unspecified atom stereocenters. The van der Waals surface area contributed by atoms with Crippen LogP contribution in [0.5, 0.6) is 0 Å². The van der Waals surface area contributed by atoms with Crippen LogP contribution >= 0.6 is 0 Å². The van der Waals surface area contributed by atoms with Gasteiger partial charge in [-0.25, -0.2) is 4.39 Å². The molecule has 2 rings (SSSR count). The predicted octanol–water partition coefficient (Wildman–Crippen LogP) is 2.48. The Bertz CT molecular complexity index is 602. The van der Waals surface area contributed by atoms with E-state index >= 15 is 0 Å². The van der Waals surface area contributed by atoms with E-state index in [1.54, 1.807) is 25.1 Å². The van der Waals surface area contributed by atoms with Crippen molar-refractivity contribution in [3.05, 3.63) is 29.6 Å². The van der Waals surface area contributed by atoms with Gasteiger partial charge in [-0.1, -0.05) is 6.07 Å². The number of nitrogens with one attached hydrogen (secondary N) is 1. The topological polar surface area (TPSA) is 49.3 Å². The van der Waals surface area contributed by atoms with Crippen molar-refractivity contribution in [3.63, 3.8) is 0 Å². The molecule has 6 nitrogen and oxygen atoms in total. The van der Waals surface area contributed by atoms with Crippen molar-refractivity contribution in [3.8, 4) is 0 Å². The number of benzene rings is 1. The Balaban J connectivity index is 1.79. The molecule has 27 heavy (non-hydrogen) atoms. The van der Waals surface area contributed by atoms with Crippen molar-refractivity contribution in [2.75, 3.05) is 59.5 Å². The van der Waals surface area contributed by atoms with Gasteiger partial charge in [0, 0.05) is 61.1 Å². The first-order valence-corrected chi connectivity index (χ1v) is 9.57. The third-order valence-corrected chi connectivity index (χ3v) is 4.74. The Morgan fingerprint density at radius 1 is 1.30 bits per heavy atom. The maximum Gasteiger partial charge on any atom is 0.193 e. The number of piperidine rings is 1. The Labute approximate surface area is 162 Å². The molecule has 1 saturated heterocycles. The smallest absolute Gasteiger partial charge is 0.193 e. The van der Waals surface area contributed by atoms with Crippen molar-refractivity contribution in [2.45, 2.75) is 31.9 Å². The van der Waals surface area contributed by atoms with Crippen LogP contribution in [0.1, 0.15) is 24.8 Å². The molecule has 7 heteroatoms. The second-order valence-corrected chi connectivity index (χ2v) is 6.98. The van der Waals surface area contributed by atoms with Crippen LogP contribution in [-0.4, -0.2) is 71.5 Å². The highest BCUT2D eigenvalue weighted by Crippen LogP contribution is 2.18. The van der Waals surface area contributed by atoms with Crippen LogP contribution in [0, 0.1) is 5.82 Å². The Morgan fingerprint density at radius 2 is 2.04 bits per heavy atom. The highest BCUT2D eigenvalue weighted by atomic mass is 19.1. The van der Waals surface area contributed by atoms with E-state index in [2.05, 4.69) is 15.2 Å². The van der Waals surface area contributed by atoms with Crippen molar-refractivity contribution >= 4 is 11.6 Å². The molecule has 0 atom stereocenters. The molecule has 0 spiro atoms. The number of likely N-dealkylation sites (tertiary alicyclic amines) is 1. The third kappa shape index (κ3) is 6.66. The number of anilines is 1. The van der Waals surface area contributed by atoms with E-state index in [9.17, 15) is 4.39 Å². The molecule has 1 aliphatic rings. The molecule has 1 aliphatic heterocycles. The molecule has 1 fully saturated rings. The Hall–Kier alpha value is -1.86. The van der Waals surface area contributed by atoms with Crippen molar-refractivity contribution < 1.29 is 13.9 Å². The average Bonchev–Trinajstić information content (AvgIpc) is 2.66. The SMILES string of the molecule is CN=C(NCc1ccc(N(C)C)c(F)c1)N1CCC(OCCCOC)CC1. The Kier molecular flexibility index (Phi) is 8.81. The second-order valence-electron chi connectivity index (χ2n) is 6.98. The molecule has 1 aromatic carbocycles. The van der Waals surface area contributed by atoms with Crippen molar-refractivity contribution in [1.82, 2.24) is 10.2 Å². The molecule has 1 heterocycles. The summed E-state index contributed by atoms with van der Waals surface area (Å²) < 4.78 is 25.1. The summed E-state index contributed by atoms with van der Waals surface area (Å²) in [6, 6.07) is 5.33. The average molecular weight is 381 g/mol. The van der Waals surface area contributed by atoms with Gasteiger partial charge in [0.25, 0.3) is 0 Å². The molecule has 1 aromatic rings. The lowest BCUT2D eigenvalue weighted by Gasteiger charge is -2.34. The summed E-state index contributed by atoms with van der Waals surface area (Å²) >= 11 is 0. The van der Waals surface area contributed by atoms with Gasteiger partial charge in [0.1, 0.15) is 5.82 Å². The van der Waals surface area contributed by atoms with Gasteiger partial charge in [-0.2, -0.15) is 0 Å².